The van der Waals surface area contributed by atoms with Crippen LogP contribution in [0.1, 0.15) is 36.6 Å². The summed E-state index contributed by atoms with van der Waals surface area (Å²) in [5.74, 6) is -0.219. The Morgan fingerprint density at radius 2 is 1.97 bits per heavy atom. The second-order valence-electron chi connectivity index (χ2n) is 7.26. The number of hydrogen-bond acceptors (Lipinski definition) is 4. The first-order chi connectivity index (χ1) is 14.1. The van der Waals surface area contributed by atoms with Gasteiger partial charge >= 0.3 is 5.97 Å². The van der Waals surface area contributed by atoms with E-state index in [1.807, 2.05) is 29.7 Å². The minimum absolute atomic E-state index is 0.219. The number of fused-ring (bicyclic) bond motifs is 1. The van der Waals surface area contributed by atoms with Crippen molar-refractivity contribution in [1.29, 1.82) is 0 Å². The number of hydrogen-bond donors (Lipinski definition) is 0. The summed E-state index contributed by atoms with van der Waals surface area (Å²) in [6.07, 6.45) is 2.92. The molecule has 0 bridgehead atoms. The molecule has 1 aliphatic heterocycles. The molecule has 29 heavy (non-hydrogen) atoms. The fraction of sp³-hybridized carbons (Fsp3) is 0.409. The lowest BCUT2D eigenvalue weighted by Gasteiger charge is -2.17. The molecular formula is C22H26N2O3S2. The quantitative estimate of drug-likeness (QED) is 0.526. The lowest BCUT2D eigenvalue weighted by Crippen LogP contribution is -2.23. The predicted octanol–water partition coefficient (Wildman–Crippen LogP) is 4.28. The summed E-state index contributed by atoms with van der Waals surface area (Å²) in [5.41, 5.74) is 3.35. The Morgan fingerprint density at radius 3 is 2.72 bits per heavy atom. The topological polar surface area (TPSA) is 51.5 Å². The highest BCUT2D eigenvalue weighted by atomic mass is 32.2. The molecule has 1 aliphatic rings. The summed E-state index contributed by atoms with van der Waals surface area (Å²) in [6.45, 7) is 6.27. The van der Waals surface area contributed by atoms with Gasteiger partial charge in [-0.05, 0) is 55.3 Å². The summed E-state index contributed by atoms with van der Waals surface area (Å²) in [6, 6.07) is 10.1. The van der Waals surface area contributed by atoms with Crippen molar-refractivity contribution in [2.24, 2.45) is 0 Å². The molecule has 0 spiro atoms. The van der Waals surface area contributed by atoms with Gasteiger partial charge in [0.15, 0.2) is 0 Å². The van der Waals surface area contributed by atoms with Crippen LogP contribution in [0.25, 0.3) is 10.2 Å². The molecule has 3 heterocycles. The maximum absolute atomic E-state index is 13.2. The number of nitrogens with zero attached hydrogens (tertiary/aromatic N) is 2. The van der Waals surface area contributed by atoms with Crippen LogP contribution in [0, 0.1) is 6.92 Å². The van der Waals surface area contributed by atoms with Gasteiger partial charge in [0.1, 0.15) is 22.4 Å². The Balaban J connectivity index is 1.69. The van der Waals surface area contributed by atoms with E-state index in [0.29, 0.717) is 13.0 Å². The molecule has 3 aromatic rings. The Labute approximate surface area is 177 Å². The number of ether oxygens (including phenoxy) is 1. The van der Waals surface area contributed by atoms with Crippen molar-refractivity contribution in [3.63, 3.8) is 0 Å². The van der Waals surface area contributed by atoms with Gasteiger partial charge in [0.05, 0.1) is 11.5 Å². The highest BCUT2D eigenvalue weighted by Crippen LogP contribution is 2.33. The summed E-state index contributed by atoms with van der Waals surface area (Å²) in [5, 5.41) is 3.22. The molecule has 0 amide bonds. The van der Waals surface area contributed by atoms with E-state index < -0.39 is 11.0 Å². The van der Waals surface area contributed by atoms with Crippen LogP contribution in [0.5, 0.6) is 0 Å². The SMILES string of the molecule is CCOC(=O)Cn1c(C)c(Cc2ccccc2S(=O)N2CCCC2)c2ccsc21. The summed E-state index contributed by atoms with van der Waals surface area (Å²) in [7, 11) is -1.12. The van der Waals surface area contributed by atoms with Crippen LogP contribution in [0.4, 0.5) is 0 Å². The Morgan fingerprint density at radius 1 is 1.21 bits per heavy atom. The number of carbonyl (C=O) groups excluding carboxylic acids is 1. The van der Waals surface area contributed by atoms with Crippen molar-refractivity contribution in [3.05, 3.63) is 52.5 Å². The molecule has 0 saturated carbocycles. The van der Waals surface area contributed by atoms with E-state index in [1.54, 1.807) is 11.3 Å². The smallest absolute Gasteiger partial charge is 0.325 e. The van der Waals surface area contributed by atoms with Gasteiger partial charge in [-0.3, -0.25) is 4.79 Å². The van der Waals surface area contributed by atoms with E-state index in [4.69, 9.17) is 4.74 Å². The Kier molecular flexibility index (Phi) is 6.18. The first-order valence-electron chi connectivity index (χ1n) is 10.1. The normalized spacial score (nSPS) is 15.8. The Bertz CT molecular complexity index is 1050. The van der Waals surface area contributed by atoms with Crippen molar-refractivity contribution in [2.45, 2.75) is 44.6 Å². The highest BCUT2D eigenvalue weighted by molar-refractivity contribution is 7.82. The number of rotatable bonds is 7. The van der Waals surface area contributed by atoms with Gasteiger partial charge in [-0.1, -0.05) is 18.2 Å². The zero-order chi connectivity index (χ0) is 20.4. The zero-order valence-corrected chi connectivity index (χ0v) is 18.5. The minimum Gasteiger partial charge on any atom is -0.465 e. The third kappa shape index (κ3) is 4.04. The number of thiophene rings is 1. The monoisotopic (exact) mass is 430 g/mol. The first-order valence-corrected chi connectivity index (χ1v) is 12.0. The van der Waals surface area contributed by atoms with Gasteiger partial charge in [0, 0.05) is 30.6 Å². The van der Waals surface area contributed by atoms with Crippen LogP contribution in [0.15, 0.2) is 40.6 Å². The molecule has 2 aromatic heterocycles. The van der Waals surface area contributed by atoms with Crippen LogP contribution in [-0.4, -0.2) is 38.7 Å². The molecule has 5 nitrogen and oxygen atoms in total. The standard InChI is InChI=1S/C22H26N2O3S2/c1-3-27-21(25)15-24-16(2)19(18-10-13-28-22(18)24)14-17-8-4-5-9-20(17)29(26)23-11-6-7-12-23/h4-5,8-10,13H,3,6-7,11-12,14-15H2,1-2H3. The van der Waals surface area contributed by atoms with Crippen LogP contribution < -0.4 is 0 Å². The van der Waals surface area contributed by atoms with Crippen LogP contribution in [0.2, 0.25) is 0 Å². The lowest BCUT2D eigenvalue weighted by molar-refractivity contribution is -0.143. The summed E-state index contributed by atoms with van der Waals surface area (Å²) in [4.78, 5) is 14.1. The second-order valence-corrected chi connectivity index (χ2v) is 9.61. The largest absolute Gasteiger partial charge is 0.465 e. The average molecular weight is 431 g/mol. The maximum atomic E-state index is 13.2. The molecule has 1 fully saturated rings. The molecule has 4 rings (SSSR count). The molecular weight excluding hydrogens is 404 g/mol. The summed E-state index contributed by atoms with van der Waals surface area (Å²) >= 11 is 1.64. The van der Waals surface area contributed by atoms with Gasteiger partial charge in [-0.15, -0.1) is 11.3 Å². The van der Waals surface area contributed by atoms with Gasteiger partial charge in [-0.25, -0.2) is 8.51 Å². The van der Waals surface area contributed by atoms with E-state index >= 15 is 0 Å². The lowest BCUT2D eigenvalue weighted by atomic mass is 10.0. The Hall–Kier alpha value is -1.96. The van der Waals surface area contributed by atoms with Crippen molar-refractivity contribution in [1.82, 2.24) is 8.87 Å². The van der Waals surface area contributed by atoms with E-state index in [9.17, 15) is 9.00 Å². The minimum atomic E-state index is -1.12. The van der Waals surface area contributed by atoms with Crippen molar-refractivity contribution in [2.75, 3.05) is 19.7 Å². The van der Waals surface area contributed by atoms with Crippen LogP contribution in [0.3, 0.4) is 0 Å². The van der Waals surface area contributed by atoms with Crippen molar-refractivity contribution in [3.8, 4) is 0 Å². The third-order valence-corrected chi connectivity index (χ3v) is 8.02. The average Bonchev–Trinajstić information content (AvgIpc) is 3.45. The number of esters is 1. The highest BCUT2D eigenvalue weighted by Gasteiger charge is 2.23. The fourth-order valence-corrected chi connectivity index (χ4v) is 6.41. The van der Waals surface area contributed by atoms with Crippen molar-refractivity contribution >= 4 is 38.5 Å². The fourth-order valence-electron chi connectivity index (χ4n) is 4.00. The van der Waals surface area contributed by atoms with Gasteiger partial charge in [-0.2, -0.15) is 0 Å². The van der Waals surface area contributed by atoms with Crippen molar-refractivity contribution < 1.29 is 13.7 Å². The van der Waals surface area contributed by atoms with E-state index in [-0.39, 0.29) is 12.5 Å². The zero-order valence-electron chi connectivity index (χ0n) is 16.8. The molecule has 1 atom stereocenters. The van der Waals surface area contributed by atoms with Crippen LogP contribution in [-0.2, 0) is 33.5 Å². The molecule has 0 aliphatic carbocycles. The van der Waals surface area contributed by atoms with Gasteiger partial charge < -0.3 is 9.30 Å². The molecule has 0 radical (unpaired) electrons. The number of aromatic nitrogens is 1. The second kappa shape index (κ2) is 8.81. The van der Waals surface area contributed by atoms with Crippen LogP contribution >= 0.6 is 11.3 Å². The molecule has 0 N–H and O–H groups in total. The molecule has 7 heteroatoms. The molecule has 1 aromatic carbocycles. The molecule has 1 unspecified atom stereocenters. The maximum Gasteiger partial charge on any atom is 0.325 e. The van der Waals surface area contributed by atoms with E-state index in [1.165, 1.54) is 10.9 Å². The molecule has 154 valence electrons. The van der Waals surface area contributed by atoms with Gasteiger partial charge in [0.2, 0.25) is 0 Å². The van der Waals surface area contributed by atoms with Gasteiger partial charge in [0.25, 0.3) is 0 Å². The third-order valence-electron chi connectivity index (χ3n) is 5.48. The van der Waals surface area contributed by atoms with E-state index in [0.717, 1.165) is 46.9 Å². The molecule has 1 saturated heterocycles. The predicted molar refractivity (Wildman–Crippen MR) is 118 cm³/mol. The summed E-state index contributed by atoms with van der Waals surface area (Å²) < 4.78 is 22.4. The number of carbonyl (C=O) groups is 1. The first kappa shape index (κ1) is 20.3. The number of benzene rings is 1. The van der Waals surface area contributed by atoms with E-state index in [2.05, 4.69) is 28.7 Å².